The molecule has 0 heterocycles. The first-order valence-electron chi connectivity index (χ1n) is 27.7. The number of carbonyl (C=O) groups is 2. The lowest BCUT2D eigenvalue weighted by molar-refractivity contribution is -0.151. The Bertz CT molecular complexity index is 1040. The van der Waals surface area contributed by atoms with Crippen molar-refractivity contribution in [2.24, 2.45) is 0 Å². The van der Waals surface area contributed by atoms with Crippen LogP contribution in [0.4, 0.5) is 0 Å². The molecule has 370 valence electrons. The number of aliphatic hydroxyl groups is 2. The lowest BCUT2D eigenvalue weighted by Crippen LogP contribution is -2.46. The standard InChI is InChI=1S/C57H107NO5/c1-4-7-10-13-16-19-22-25-27-29-31-33-36-39-42-45-48-53(63-57(62)50-47-44-41-38-35-32-28-26-23-20-17-14-11-8-5-2)51-56(61)58-54(52-59)55(60)49-46-43-40-37-34-30-24-21-18-15-12-9-6-3/h8,11,14,17,20,23,53-55,59-60H,4-7,9-10,12-13,15-16,18-19,21-22,24-52H2,1-3H3,(H,58,61)/b11-8+,17-14+,23-20+. The minimum Gasteiger partial charge on any atom is -0.462 e. The number of aliphatic hydroxyl groups excluding tert-OH is 2. The molecule has 3 N–H and O–H groups in total. The summed E-state index contributed by atoms with van der Waals surface area (Å²) in [5.41, 5.74) is 0. The van der Waals surface area contributed by atoms with Crippen molar-refractivity contribution in [1.29, 1.82) is 0 Å². The number of ether oxygens (including phenoxy) is 1. The highest BCUT2D eigenvalue weighted by molar-refractivity contribution is 5.77. The number of esters is 1. The van der Waals surface area contributed by atoms with Crippen LogP contribution in [0.1, 0.15) is 290 Å². The van der Waals surface area contributed by atoms with Gasteiger partial charge in [0.05, 0.1) is 25.2 Å². The summed E-state index contributed by atoms with van der Waals surface area (Å²) in [4.78, 5) is 26.2. The van der Waals surface area contributed by atoms with E-state index in [1.807, 2.05) is 0 Å². The summed E-state index contributed by atoms with van der Waals surface area (Å²) in [6.45, 7) is 6.38. The molecular formula is C57H107NO5. The Hall–Kier alpha value is -1.92. The highest BCUT2D eigenvalue weighted by Crippen LogP contribution is 2.19. The average molecular weight is 886 g/mol. The van der Waals surface area contributed by atoms with Gasteiger partial charge in [0, 0.05) is 6.42 Å². The molecule has 0 bridgehead atoms. The fraction of sp³-hybridized carbons (Fsp3) is 0.860. The Labute approximate surface area is 392 Å². The van der Waals surface area contributed by atoms with Crippen LogP contribution in [0.5, 0.6) is 0 Å². The molecule has 0 aromatic heterocycles. The molecule has 0 aliphatic rings. The summed E-state index contributed by atoms with van der Waals surface area (Å²) in [7, 11) is 0. The number of hydrogen-bond acceptors (Lipinski definition) is 5. The zero-order chi connectivity index (χ0) is 45.9. The lowest BCUT2D eigenvalue weighted by Gasteiger charge is -2.24. The number of hydrogen-bond donors (Lipinski definition) is 3. The maximum Gasteiger partial charge on any atom is 0.306 e. The number of amides is 1. The predicted octanol–water partition coefficient (Wildman–Crippen LogP) is 16.8. The van der Waals surface area contributed by atoms with Crippen molar-refractivity contribution >= 4 is 11.9 Å². The van der Waals surface area contributed by atoms with Crippen molar-refractivity contribution in [3.05, 3.63) is 36.5 Å². The first kappa shape index (κ1) is 61.1. The van der Waals surface area contributed by atoms with E-state index in [0.29, 0.717) is 19.3 Å². The number of allylic oxidation sites excluding steroid dienone is 6. The molecule has 0 saturated carbocycles. The Kier molecular flexibility index (Phi) is 49.5. The van der Waals surface area contributed by atoms with Gasteiger partial charge in [0.25, 0.3) is 0 Å². The second-order valence-electron chi connectivity index (χ2n) is 19.0. The topological polar surface area (TPSA) is 95.9 Å². The molecule has 0 radical (unpaired) electrons. The van der Waals surface area contributed by atoms with Gasteiger partial charge in [0.2, 0.25) is 5.91 Å². The Morgan fingerprint density at radius 2 is 0.857 bits per heavy atom. The van der Waals surface area contributed by atoms with Crippen LogP contribution < -0.4 is 5.32 Å². The van der Waals surface area contributed by atoms with E-state index in [2.05, 4.69) is 62.5 Å². The van der Waals surface area contributed by atoms with Crippen LogP contribution in [0.2, 0.25) is 0 Å². The Morgan fingerprint density at radius 1 is 0.476 bits per heavy atom. The van der Waals surface area contributed by atoms with Crippen molar-refractivity contribution in [2.75, 3.05) is 6.61 Å². The maximum absolute atomic E-state index is 13.2. The average Bonchev–Trinajstić information content (AvgIpc) is 3.28. The van der Waals surface area contributed by atoms with Gasteiger partial charge in [-0.25, -0.2) is 0 Å². The van der Waals surface area contributed by atoms with Crippen LogP contribution in [0.3, 0.4) is 0 Å². The van der Waals surface area contributed by atoms with Crippen molar-refractivity contribution in [2.45, 2.75) is 309 Å². The minimum absolute atomic E-state index is 0.0772. The van der Waals surface area contributed by atoms with E-state index < -0.39 is 18.2 Å². The van der Waals surface area contributed by atoms with Crippen LogP contribution in [-0.4, -0.2) is 46.9 Å². The number of rotatable bonds is 50. The predicted molar refractivity (Wildman–Crippen MR) is 273 cm³/mol. The molecule has 0 aliphatic carbocycles. The van der Waals surface area contributed by atoms with Crippen LogP contribution in [0.15, 0.2) is 36.5 Å². The first-order valence-corrected chi connectivity index (χ1v) is 27.7. The van der Waals surface area contributed by atoms with E-state index in [4.69, 9.17) is 4.74 Å². The monoisotopic (exact) mass is 886 g/mol. The molecule has 3 unspecified atom stereocenters. The second kappa shape index (κ2) is 51.1. The van der Waals surface area contributed by atoms with Crippen molar-refractivity contribution in [1.82, 2.24) is 5.32 Å². The zero-order valence-electron chi connectivity index (χ0n) is 42.2. The highest BCUT2D eigenvalue weighted by Gasteiger charge is 2.24. The number of carbonyl (C=O) groups excluding carboxylic acids is 2. The molecule has 0 fully saturated rings. The van der Waals surface area contributed by atoms with E-state index in [-0.39, 0.29) is 24.9 Å². The van der Waals surface area contributed by atoms with Crippen LogP contribution in [0.25, 0.3) is 0 Å². The minimum atomic E-state index is -0.787. The smallest absolute Gasteiger partial charge is 0.306 e. The largest absolute Gasteiger partial charge is 0.462 e. The van der Waals surface area contributed by atoms with Gasteiger partial charge in [-0.2, -0.15) is 0 Å². The van der Waals surface area contributed by atoms with Crippen LogP contribution in [-0.2, 0) is 14.3 Å². The summed E-state index contributed by atoms with van der Waals surface area (Å²) >= 11 is 0. The Balaban J connectivity index is 4.56. The maximum atomic E-state index is 13.2. The van der Waals surface area contributed by atoms with Crippen molar-refractivity contribution in [3.63, 3.8) is 0 Å². The normalized spacial score (nSPS) is 13.4. The molecule has 6 nitrogen and oxygen atoms in total. The molecule has 0 saturated heterocycles. The van der Waals surface area contributed by atoms with E-state index in [1.165, 1.54) is 186 Å². The van der Waals surface area contributed by atoms with Crippen molar-refractivity contribution < 1.29 is 24.5 Å². The fourth-order valence-corrected chi connectivity index (χ4v) is 8.61. The molecule has 0 rings (SSSR count). The lowest BCUT2D eigenvalue weighted by atomic mass is 10.0. The van der Waals surface area contributed by atoms with E-state index in [1.54, 1.807) is 0 Å². The SMILES string of the molecule is CC/C=C/C=C/C=C/CCCCCCCCCC(=O)OC(CCCCCCCCCCCCCCCCCC)CC(=O)NC(CO)C(O)CCCCCCCCCCCCCCC. The molecule has 63 heavy (non-hydrogen) atoms. The quantitative estimate of drug-likeness (QED) is 0.0321. The number of nitrogens with one attached hydrogen (secondary N) is 1. The summed E-state index contributed by atoms with van der Waals surface area (Å²) in [5.74, 6) is -0.472. The summed E-state index contributed by atoms with van der Waals surface area (Å²) in [6.07, 6.45) is 60.6. The molecule has 0 spiro atoms. The van der Waals surface area contributed by atoms with E-state index in [0.717, 1.165) is 57.8 Å². The van der Waals surface area contributed by atoms with Crippen LogP contribution >= 0.6 is 0 Å². The molecule has 0 aromatic carbocycles. The molecule has 3 atom stereocenters. The second-order valence-corrected chi connectivity index (χ2v) is 19.0. The van der Waals surface area contributed by atoms with E-state index >= 15 is 0 Å². The van der Waals surface area contributed by atoms with Gasteiger partial charge in [0.15, 0.2) is 0 Å². The third-order valence-corrected chi connectivity index (χ3v) is 12.8. The number of unbranched alkanes of at least 4 members (excludes halogenated alkanes) is 34. The van der Waals surface area contributed by atoms with Gasteiger partial charge >= 0.3 is 5.97 Å². The van der Waals surface area contributed by atoms with Crippen LogP contribution in [0, 0.1) is 0 Å². The molecule has 1 amide bonds. The summed E-state index contributed by atoms with van der Waals surface area (Å²) < 4.78 is 5.95. The third-order valence-electron chi connectivity index (χ3n) is 12.8. The van der Waals surface area contributed by atoms with Gasteiger partial charge in [-0.05, 0) is 44.9 Å². The van der Waals surface area contributed by atoms with E-state index in [9.17, 15) is 19.8 Å². The van der Waals surface area contributed by atoms with Gasteiger partial charge in [-0.1, -0.05) is 269 Å². The van der Waals surface area contributed by atoms with Gasteiger partial charge in [-0.3, -0.25) is 9.59 Å². The molecular weight excluding hydrogens is 779 g/mol. The summed E-state index contributed by atoms with van der Waals surface area (Å²) in [6, 6.07) is -0.701. The molecule has 0 aromatic rings. The first-order chi connectivity index (χ1) is 31.0. The third kappa shape index (κ3) is 46.4. The Morgan fingerprint density at radius 3 is 1.29 bits per heavy atom. The fourth-order valence-electron chi connectivity index (χ4n) is 8.61. The molecule has 6 heteroatoms. The summed E-state index contributed by atoms with van der Waals surface area (Å²) in [5, 5.41) is 23.8. The zero-order valence-corrected chi connectivity index (χ0v) is 42.2. The van der Waals surface area contributed by atoms with Gasteiger partial charge in [-0.15, -0.1) is 0 Å². The van der Waals surface area contributed by atoms with Gasteiger partial charge in [0.1, 0.15) is 6.10 Å². The van der Waals surface area contributed by atoms with Crippen molar-refractivity contribution in [3.8, 4) is 0 Å². The highest BCUT2D eigenvalue weighted by atomic mass is 16.5. The molecule has 0 aliphatic heterocycles. The van der Waals surface area contributed by atoms with Gasteiger partial charge < -0.3 is 20.3 Å².